The van der Waals surface area contributed by atoms with Crippen LogP contribution in [-0.2, 0) is 0 Å². The third-order valence-electron chi connectivity index (χ3n) is 4.03. The number of ether oxygens (including phenoxy) is 2. The molecule has 1 amide bonds. The lowest BCUT2D eigenvalue weighted by Crippen LogP contribution is -2.20. The second kappa shape index (κ2) is 9.03. The molecule has 146 valence electrons. The first-order chi connectivity index (χ1) is 13.6. The molecule has 0 fully saturated rings. The SMILES string of the molecule is CCCOc1ccc(/C=N\NC(=O)c2c(C)nc3ccccn23)cc1OCC. The number of hydrogen-bond donors (Lipinski definition) is 1. The Kier molecular flexibility index (Phi) is 6.26. The van der Waals surface area contributed by atoms with Gasteiger partial charge in [-0.25, -0.2) is 10.4 Å². The Bertz CT molecular complexity index is 994. The van der Waals surface area contributed by atoms with E-state index in [-0.39, 0.29) is 5.91 Å². The molecule has 0 bridgehead atoms. The molecule has 0 unspecified atom stereocenters. The van der Waals surface area contributed by atoms with E-state index in [9.17, 15) is 4.79 Å². The number of benzene rings is 1. The maximum atomic E-state index is 12.5. The van der Waals surface area contributed by atoms with E-state index < -0.39 is 0 Å². The molecule has 2 heterocycles. The van der Waals surface area contributed by atoms with Crippen molar-refractivity contribution in [2.24, 2.45) is 5.10 Å². The molecule has 28 heavy (non-hydrogen) atoms. The summed E-state index contributed by atoms with van der Waals surface area (Å²) in [5.74, 6) is 1.04. The highest BCUT2D eigenvalue weighted by atomic mass is 16.5. The van der Waals surface area contributed by atoms with Crippen molar-refractivity contribution in [3.8, 4) is 11.5 Å². The number of aromatic nitrogens is 2. The fraction of sp³-hybridized carbons (Fsp3) is 0.286. The highest BCUT2D eigenvalue weighted by molar-refractivity contribution is 5.95. The van der Waals surface area contributed by atoms with Gasteiger partial charge in [-0.1, -0.05) is 13.0 Å². The molecule has 7 heteroatoms. The number of aryl methyl sites for hydroxylation is 1. The summed E-state index contributed by atoms with van der Waals surface area (Å²) in [6.07, 6.45) is 4.30. The summed E-state index contributed by atoms with van der Waals surface area (Å²) in [4.78, 5) is 16.9. The molecule has 0 spiro atoms. The Hall–Kier alpha value is -3.35. The van der Waals surface area contributed by atoms with E-state index in [2.05, 4.69) is 22.4 Å². The normalized spacial score (nSPS) is 11.1. The van der Waals surface area contributed by atoms with E-state index in [1.165, 1.54) is 0 Å². The zero-order valence-corrected chi connectivity index (χ0v) is 16.3. The van der Waals surface area contributed by atoms with Crippen molar-refractivity contribution in [3.63, 3.8) is 0 Å². The van der Waals surface area contributed by atoms with Crippen LogP contribution in [0.15, 0.2) is 47.7 Å². The molecule has 0 saturated carbocycles. The number of imidazole rings is 1. The van der Waals surface area contributed by atoms with Crippen LogP contribution in [0.2, 0.25) is 0 Å². The van der Waals surface area contributed by atoms with Gasteiger partial charge in [-0.05, 0) is 56.2 Å². The molecule has 7 nitrogen and oxygen atoms in total. The van der Waals surface area contributed by atoms with E-state index >= 15 is 0 Å². The second-order valence-corrected chi connectivity index (χ2v) is 6.16. The third kappa shape index (κ3) is 4.31. The van der Waals surface area contributed by atoms with Crippen molar-refractivity contribution < 1.29 is 14.3 Å². The van der Waals surface area contributed by atoms with E-state index in [0.717, 1.165) is 17.6 Å². The fourth-order valence-corrected chi connectivity index (χ4v) is 2.81. The Labute approximate surface area is 164 Å². The van der Waals surface area contributed by atoms with E-state index in [4.69, 9.17) is 9.47 Å². The smallest absolute Gasteiger partial charge is 0.290 e. The van der Waals surface area contributed by atoms with Gasteiger partial charge >= 0.3 is 0 Å². The van der Waals surface area contributed by atoms with Crippen LogP contribution >= 0.6 is 0 Å². The summed E-state index contributed by atoms with van der Waals surface area (Å²) >= 11 is 0. The van der Waals surface area contributed by atoms with Gasteiger partial charge in [0.15, 0.2) is 11.5 Å². The van der Waals surface area contributed by atoms with Crippen molar-refractivity contribution in [2.75, 3.05) is 13.2 Å². The van der Waals surface area contributed by atoms with Crippen molar-refractivity contribution in [3.05, 3.63) is 59.5 Å². The van der Waals surface area contributed by atoms with Gasteiger partial charge in [-0.2, -0.15) is 5.10 Å². The highest BCUT2D eigenvalue weighted by Crippen LogP contribution is 2.28. The quantitative estimate of drug-likeness (QED) is 0.478. The molecule has 3 aromatic rings. The van der Waals surface area contributed by atoms with E-state index in [1.54, 1.807) is 23.7 Å². The summed E-state index contributed by atoms with van der Waals surface area (Å²) in [6, 6.07) is 11.1. The Morgan fingerprint density at radius 1 is 1.21 bits per heavy atom. The summed E-state index contributed by atoms with van der Waals surface area (Å²) in [5, 5.41) is 4.08. The average Bonchev–Trinajstić information content (AvgIpc) is 3.03. The van der Waals surface area contributed by atoms with Gasteiger partial charge < -0.3 is 9.47 Å². The molecular formula is C21H24N4O3. The lowest BCUT2D eigenvalue weighted by atomic mass is 10.2. The topological polar surface area (TPSA) is 77.2 Å². The lowest BCUT2D eigenvalue weighted by molar-refractivity contribution is 0.0948. The number of nitrogens with one attached hydrogen (secondary N) is 1. The molecule has 0 radical (unpaired) electrons. The molecule has 2 aromatic heterocycles. The van der Waals surface area contributed by atoms with Crippen LogP contribution in [0.4, 0.5) is 0 Å². The number of hydrazone groups is 1. The first-order valence-electron chi connectivity index (χ1n) is 9.30. The van der Waals surface area contributed by atoms with Crippen LogP contribution in [0.1, 0.15) is 42.0 Å². The van der Waals surface area contributed by atoms with Crippen LogP contribution in [0.3, 0.4) is 0 Å². The van der Waals surface area contributed by atoms with E-state index in [1.807, 2.05) is 43.3 Å². The van der Waals surface area contributed by atoms with Crippen LogP contribution in [0.25, 0.3) is 5.65 Å². The van der Waals surface area contributed by atoms with Gasteiger partial charge in [0.05, 0.1) is 25.1 Å². The van der Waals surface area contributed by atoms with Crippen molar-refractivity contribution in [2.45, 2.75) is 27.2 Å². The van der Waals surface area contributed by atoms with Gasteiger partial charge in [-0.15, -0.1) is 0 Å². The minimum absolute atomic E-state index is 0.319. The Morgan fingerprint density at radius 2 is 2.07 bits per heavy atom. The molecule has 3 rings (SSSR count). The zero-order valence-electron chi connectivity index (χ0n) is 16.3. The largest absolute Gasteiger partial charge is 0.490 e. The van der Waals surface area contributed by atoms with Gasteiger partial charge in [0.1, 0.15) is 11.3 Å². The molecule has 0 aliphatic carbocycles. The standard InChI is InChI=1S/C21H24N4O3/c1-4-12-28-17-10-9-16(13-18(17)27-5-2)14-22-24-21(26)20-15(3)23-19-8-6-7-11-25(19)20/h6-11,13-14H,4-5,12H2,1-3H3,(H,24,26)/b22-14-. The number of fused-ring (bicyclic) bond motifs is 1. The van der Waals surface area contributed by atoms with Crippen molar-refractivity contribution in [1.29, 1.82) is 0 Å². The number of pyridine rings is 1. The lowest BCUT2D eigenvalue weighted by Gasteiger charge is -2.11. The van der Waals surface area contributed by atoms with Crippen LogP contribution in [-0.4, -0.2) is 34.7 Å². The Balaban J connectivity index is 1.74. The molecule has 0 atom stereocenters. The molecule has 1 aromatic carbocycles. The monoisotopic (exact) mass is 380 g/mol. The van der Waals surface area contributed by atoms with Gasteiger partial charge in [0, 0.05) is 6.20 Å². The number of amides is 1. The number of carbonyl (C=O) groups excluding carboxylic acids is 1. The summed E-state index contributed by atoms with van der Waals surface area (Å²) in [6.45, 7) is 6.93. The number of nitrogens with zero attached hydrogens (tertiary/aromatic N) is 3. The number of rotatable bonds is 8. The van der Waals surface area contributed by atoms with Crippen molar-refractivity contribution >= 4 is 17.8 Å². The summed E-state index contributed by atoms with van der Waals surface area (Å²) in [7, 11) is 0. The zero-order chi connectivity index (χ0) is 19.9. The third-order valence-corrected chi connectivity index (χ3v) is 4.03. The summed E-state index contributed by atoms with van der Waals surface area (Å²) < 4.78 is 13.1. The predicted octanol–water partition coefficient (Wildman–Crippen LogP) is 3.59. The van der Waals surface area contributed by atoms with Gasteiger partial charge in [0.25, 0.3) is 5.91 Å². The number of carbonyl (C=O) groups is 1. The van der Waals surface area contributed by atoms with Crippen LogP contribution in [0.5, 0.6) is 11.5 Å². The molecular weight excluding hydrogens is 356 g/mol. The molecule has 1 N–H and O–H groups in total. The van der Waals surface area contributed by atoms with E-state index in [0.29, 0.717) is 36.1 Å². The van der Waals surface area contributed by atoms with Crippen molar-refractivity contribution in [1.82, 2.24) is 14.8 Å². The van der Waals surface area contributed by atoms with Crippen LogP contribution in [0, 0.1) is 6.92 Å². The predicted molar refractivity (Wildman–Crippen MR) is 108 cm³/mol. The minimum atomic E-state index is -0.319. The molecule has 0 saturated heterocycles. The number of hydrogen-bond acceptors (Lipinski definition) is 5. The van der Waals surface area contributed by atoms with Gasteiger partial charge in [-0.3, -0.25) is 9.20 Å². The van der Waals surface area contributed by atoms with Gasteiger partial charge in [0.2, 0.25) is 0 Å². The maximum Gasteiger partial charge on any atom is 0.290 e. The molecule has 0 aliphatic rings. The highest BCUT2D eigenvalue weighted by Gasteiger charge is 2.15. The first-order valence-corrected chi connectivity index (χ1v) is 9.30. The average molecular weight is 380 g/mol. The summed E-state index contributed by atoms with van der Waals surface area (Å²) in [5.41, 5.74) is 5.19. The minimum Gasteiger partial charge on any atom is -0.490 e. The Morgan fingerprint density at radius 3 is 2.86 bits per heavy atom. The maximum absolute atomic E-state index is 12.5. The molecule has 0 aliphatic heterocycles. The fourth-order valence-electron chi connectivity index (χ4n) is 2.81. The second-order valence-electron chi connectivity index (χ2n) is 6.16. The first kappa shape index (κ1) is 19.4. The van der Waals surface area contributed by atoms with Crippen LogP contribution < -0.4 is 14.9 Å².